The summed E-state index contributed by atoms with van der Waals surface area (Å²) in [6.07, 6.45) is 3.75. The minimum absolute atomic E-state index is 0.0761. The fraction of sp³-hybridized carbons (Fsp3) is 1.00. The van der Waals surface area contributed by atoms with E-state index in [-0.39, 0.29) is 17.4 Å². The van der Waals surface area contributed by atoms with Crippen molar-refractivity contribution in [3.63, 3.8) is 0 Å². The van der Waals surface area contributed by atoms with Crippen molar-refractivity contribution in [2.75, 3.05) is 25.7 Å². The summed E-state index contributed by atoms with van der Waals surface area (Å²) in [5.41, 5.74) is -0.306. The highest BCUT2D eigenvalue weighted by molar-refractivity contribution is 7.90. The van der Waals surface area contributed by atoms with Crippen molar-refractivity contribution in [3.8, 4) is 0 Å². The van der Waals surface area contributed by atoms with Gasteiger partial charge in [0.15, 0.2) is 0 Å². The zero-order valence-electron chi connectivity index (χ0n) is 11.7. The molecule has 17 heavy (non-hydrogen) atoms. The highest BCUT2D eigenvalue weighted by Gasteiger charge is 2.32. The molecule has 0 aliphatic heterocycles. The molecule has 0 fully saturated rings. The quantitative estimate of drug-likeness (QED) is 0.688. The molecule has 5 heteroatoms. The van der Waals surface area contributed by atoms with Crippen LogP contribution >= 0.6 is 0 Å². The van der Waals surface area contributed by atoms with Crippen molar-refractivity contribution in [1.82, 2.24) is 5.32 Å². The summed E-state index contributed by atoms with van der Waals surface area (Å²) in [5, 5.41) is 3.40. The van der Waals surface area contributed by atoms with E-state index in [0.717, 1.165) is 19.4 Å². The van der Waals surface area contributed by atoms with E-state index in [2.05, 4.69) is 19.2 Å². The highest BCUT2D eigenvalue weighted by Crippen LogP contribution is 2.22. The van der Waals surface area contributed by atoms with Gasteiger partial charge in [0.2, 0.25) is 0 Å². The van der Waals surface area contributed by atoms with Gasteiger partial charge in [-0.25, -0.2) is 8.42 Å². The molecular weight excluding hydrogens is 238 g/mol. The van der Waals surface area contributed by atoms with Gasteiger partial charge >= 0.3 is 0 Å². The smallest absolute Gasteiger partial charge is 0.147 e. The maximum absolute atomic E-state index is 11.2. The van der Waals surface area contributed by atoms with Gasteiger partial charge in [-0.2, -0.15) is 0 Å². The van der Waals surface area contributed by atoms with E-state index >= 15 is 0 Å². The van der Waals surface area contributed by atoms with E-state index in [1.165, 1.54) is 6.26 Å². The Morgan fingerprint density at radius 2 is 1.94 bits per heavy atom. The molecule has 0 saturated heterocycles. The number of sulfone groups is 1. The number of ether oxygens (including phenoxy) is 1. The van der Waals surface area contributed by atoms with Gasteiger partial charge in [-0.15, -0.1) is 0 Å². The molecule has 1 N–H and O–H groups in total. The standard InChI is InChI=1S/C12H27NO3S/c1-6-9-13-11(8-10-17(5,14)15)12(3,7-2)16-4/h11,13H,6-10H2,1-5H3. The Labute approximate surface area is 106 Å². The molecule has 0 aliphatic carbocycles. The van der Waals surface area contributed by atoms with Crippen molar-refractivity contribution in [2.45, 2.75) is 51.7 Å². The SMILES string of the molecule is CCCNC(CCS(C)(=O)=O)C(C)(CC)OC. The van der Waals surface area contributed by atoms with Crippen LogP contribution in [0, 0.1) is 0 Å². The van der Waals surface area contributed by atoms with Gasteiger partial charge < -0.3 is 10.1 Å². The van der Waals surface area contributed by atoms with E-state index in [1.54, 1.807) is 7.11 Å². The van der Waals surface area contributed by atoms with Gasteiger partial charge in [-0.05, 0) is 32.7 Å². The van der Waals surface area contributed by atoms with Gasteiger partial charge in [0.1, 0.15) is 9.84 Å². The molecule has 0 radical (unpaired) electrons. The van der Waals surface area contributed by atoms with Crippen LogP contribution in [-0.2, 0) is 14.6 Å². The van der Waals surface area contributed by atoms with Gasteiger partial charge in [0.05, 0.1) is 11.4 Å². The van der Waals surface area contributed by atoms with E-state index in [0.29, 0.717) is 6.42 Å². The number of hydrogen-bond donors (Lipinski definition) is 1. The Balaban J connectivity index is 4.62. The van der Waals surface area contributed by atoms with E-state index in [9.17, 15) is 8.42 Å². The van der Waals surface area contributed by atoms with Gasteiger partial charge in [-0.3, -0.25) is 0 Å². The minimum atomic E-state index is -2.92. The summed E-state index contributed by atoms with van der Waals surface area (Å²) in [6.45, 7) is 7.07. The second-order valence-electron chi connectivity index (χ2n) is 4.80. The molecule has 4 nitrogen and oxygen atoms in total. The van der Waals surface area contributed by atoms with E-state index < -0.39 is 9.84 Å². The number of methoxy groups -OCH3 is 1. The fourth-order valence-electron chi connectivity index (χ4n) is 1.81. The van der Waals surface area contributed by atoms with Crippen LogP contribution in [-0.4, -0.2) is 45.7 Å². The van der Waals surface area contributed by atoms with Crippen molar-refractivity contribution in [2.24, 2.45) is 0 Å². The molecule has 0 spiro atoms. The maximum Gasteiger partial charge on any atom is 0.147 e. The first kappa shape index (κ1) is 16.9. The Morgan fingerprint density at radius 1 is 1.35 bits per heavy atom. The molecule has 0 saturated carbocycles. The monoisotopic (exact) mass is 265 g/mol. The second kappa shape index (κ2) is 7.34. The third-order valence-corrected chi connectivity index (χ3v) is 4.30. The van der Waals surface area contributed by atoms with Crippen molar-refractivity contribution < 1.29 is 13.2 Å². The molecule has 0 aliphatic rings. The summed E-state index contributed by atoms with van der Waals surface area (Å²) in [4.78, 5) is 0. The zero-order valence-corrected chi connectivity index (χ0v) is 12.6. The molecule has 2 atom stereocenters. The Hall–Kier alpha value is -0.130. The lowest BCUT2D eigenvalue weighted by molar-refractivity contribution is -0.0295. The summed E-state index contributed by atoms with van der Waals surface area (Å²) in [5.74, 6) is 0.202. The summed E-state index contributed by atoms with van der Waals surface area (Å²) in [6, 6.07) is 0.0761. The lowest BCUT2D eigenvalue weighted by Crippen LogP contribution is -2.50. The van der Waals surface area contributed by atoms with Crippen molar-refractivity contribution >= 4 is 9.84 Å². The molecule has 2 unspecified atom stereocenters. The number of hydrogen-bond acceptors (Lipinski definition) is 4. The van der Waals surface area contributed by atoms with Crippen molar-refractivity contribution in [1.29, 1.82) is 0 Å². The molecular formula is C12H27NO3S. The van der Waals surface area contributed by atoms with E-state index in [4.69, 9.17) is 4.74 Å². The second-order valence-corrected chi connectivity index (χ2v) is 7.06. The predicted octanol–water partition coefficient (Wildman–Crippen LogP) is 1.60. The molecule has 0 aromatic heterocycles. The third kappa shape index (κ3) is 6.38. The average Bonchev–Trinajstić information content (AvgIpc) is 2.27. The molecule has 0 bridgehead atoms. The predicted molar refractivity (Wildman–Crippen MR) is 72.1 cm³/mol. The van der Waals surface area contributed by atoms with Gasteiger partial charge in [0, 0.05) is 19.4 Å². The first-order valence-corrected chi connectivity index (χ1v) is 8.31. The molecule has 104 valence electrons. The summed E-state index contributed by atoms with van der Waals surface area (Å²) >= 11 is 0. The van der Waals surface area contributed by atoms with Crippen LogP contribution in [0.4, 0.5) is 0 Å². The fourth-order valence-corrected chi connectivity index (χ4v) is 2.47. The van der Waals surface area contributed by atoms with Crippen LogP contribution in [0.2, 0.25) is 0 Å². The molecule has 0 heterocycles. The summed E-state index contributed by atoms with van der Waals surface area (Å²) < 4.78 is 28.0. The normalized spacial score (nSPS) is 17.7. The van der Waals surface area contributed by atoms with Crippen LogP contribution in [0.3, 0.4) is 0 Å². The largest absolute Gasteiger partial charge is 0.377 e. The Kier molecular flexibility index (Phi) is 7.28. The average molecular weight is 265 g/mol. The highest BCUT2D eigenvalue weighted by atomic mass is 32.2. The molecule has 0 aromatic carbocycles. The maximum atomic E-state index is 11.2. The first-order valence-electron chi connectivity index (χ1n) is 6.25. The van der Waals surface area contributed by atoms with Crippen LogP contribution < -0.4 is 5.32 Å². The van der Waals surface area contributed by atoms with Crippen molar-refractivity contribution in [3.05, 3.63) is 0 Å². The van der Waals surface area contributed by atoms with Crippen LogP contribution in [0.15, 0.2) is 0 Å². The summed E-state index contributed by atoms with van der Waals surface area (Å²) in [7, 11) is -1.23. The van der Waals surface area contributed by atoms with Gasteiger partial charge in [0.25, 0.3) is 0 Å². The number of nitrogens with one attached hydrogen (secondary N) is 1. The van der Waals surface area contributed by atoms with Crippen LogP contribution in [0.5, 0.6) is 0 Å². The van der Waals surface area contributed by atoms with E-state index in [1.807, 2.05) is 6.92 Å². The molecule has 0 aromatic rings. The molecule has 0 amide bonds. The van der Waals surface area contributed by atoms with Gasteiger partial charge in [-0.1, -0.05) is 13.8 Å². The lowest BCUT2D eigenvalue weighted by atomic mass is 9.91. The lowest BCUT2D eigenvalue weighted by Gasteiger charge is -2.36. The third-order valence-electron chi connectivity index (χ3n) is 3.32. The molecule has 0 rings (SSSR count). The topological polar surface area (TPSA) is 55.4 Å². The van der Waals surface area contributed by atoms with Crippen LogP contribution in [0.25, 0.3) is 0 Å². The Bertz CT molecular complexity index is 297. The zero-order chi connectivity index (χ0) is 13.5. The minimum Gasteiger partial charge on any atom is -0.377 e. The Morgan fingerprint density at radius 3 is 2.29 bits per heavy atom. The number of rotatable bonds is 9. The first-order chi connectivity index (χ1) is 7.79. The van der Waals surface area contributed by atoms with Crippen LogP contribution in [0.1, 0.15) is 40.0 Å².